The number of ether oxygens (including phenoxy) is 1. The summed E-state index contributed by atoms with van der Waals surface area (Å²) in [6.45, 7) is 7.20. The fourth-order valence-electron chi connectivity index (χ4n) is 2.54. The SMILES string of the molecule is CCN(CC1CCC1)CC1(N)CCOC1. The van der Waals surface area contributed by atoms with Crippen LogP contribution < -0.4 is 5.73 Å². The third-order valence-electron chi connectivity index (χ3n) is 3.86. The van der Waals surface area contributed by atoms with E-state index in [0.29, 0.717) is 0 Å². The van der Waals surface area contributed by atoms with Gasteiger partial charge >= 0.3 is 0 Å². The summed E-state index contributed by atoms with van der Waals surface area (Å²) in [5.74, 6) is 0.941. The summed E-state index contributed by atoms with van der Waals surface area (Å²) in [7, 11) is 0. The van der Waals surface area contributed by atoms with Crippen LogP contribution in [0, 0.1) is 5.92 Å². The number of nitrogens with two attached hydrogens (primary N) is 1. The Hall–Kier alpha value is -0.120. The van der Waals surface area contributed by atoms with Crippen LogP contribution in [0.15, 0.2) is 0 Å². The summed E-state index contributed by atoms with van der Waals surface area (Å²) < 4.78 is 5.40. The van der Waals surface area contributed by atoms with Crippen molar-refractivity contribution in [2.75, 3.05) is 32.8 Å². The fraction of sp³-hybridized carbons (Fsp3) is 1.00. The topological polar surface area (TPSA) is 38.5 Å². The Morgan fingerprint density at radius 2 is 2.27 bits per heavy atom. The number of hydrogen-bond acceptors (Lipinski definition) is 3. The first kappa shape index (κ1) is 11.4. The maximum absolute atomic E-state index is 6.30. The van der Waals surface area contributed by atoms with Gasteiger partial charge in [0.1, 0.15) is 0 Å². The molecule has 0 aromatic carbocycles. The minimum Gasteiger partial charge on any atom is -0.379 e. The Bertz CT molecular complexity index is 198. The standard InChI is InChI=1S/C12H24N2O/c1-2-14(8-11-4-3-5-11)9-12(13)6-7-15-10-12/h11H,2-10,13H2,1H3. The van der Waals surface area contributed by atoms with E-state index < -0.39 is 0 Å². The Kier molecular flexibility index (Phi) is 3.65. The van der Waals surface area contributed by atoms with Gasteiger partial charge in [0.25, 0.3) is 0 Å². The highest BCUT2D eigenvalue weighted by molar-refractivity contribution is 4.91. The summed E-state index contributed by atoms with van der Waals surface area (Å²) in [6.07, 6.45) is 5.29. The van der Waals surface area contributed by atoms with Crippen LogP contribution in [0.5, 0.6) is 0 Å². The molecule has 0 aromatic heterocycles. The van der Waals surface area contributed by atoms with Gasteiger partial charge in [-0.25, -0.2) is 0 Å². The van der Waals surface area contributed by atoms with Crippen molar-refractivity contribution in [2.45, 2.75) is 38.1 Å². The van der Waals surface area contributed by atoms with Crippen molar-refractivity contribution in [2.24, 2.45) is 11.7 Å². The molecule has 1 aliphatic heterocycles. The van der Waals surface area contributed by atoms with Crippen LogP contribution in [-0.2, 0) is 4.74 Å². The highest BCUT2D eigenvalue weighted by Crippen LogP contribution is 2.28. The highest BCUT2D eigenvalue weighted by atomic mass is 16.5. The fourth-order valence-corrected chi connectivity index (χ4v) is 2.54. The van der Waals surface area contributed by atoms with Gasteiger partial charge in [0, 0.05) is 19.7 Å². The average Bonchev–Trinajstić information content (AvgIpc) is 2.57. The second-order valence-electron chi connectivity index (χ2n) is 5.29. The molecule has 0 spiro atoms. The maximum atomic E-state index is 6.30. The molecule has 2 aliphatic rings. The van der Waals surface area contributed by atoms with Gasteiger partial charge < -0.3 is 15.4 Å². The zero-order chi connectivity index (χ0) is 10.7. The maximum Gasteiger partial charge on any atom is 0.0659 e. The molecular formula is C12H24N2O. The van der Waals surface area contributed by atoms with Crippen LogP contribution in [0.25, 0.3) is 0 Å². The Labute approximate surface area is 93.0 Å². The van der Waals surface area contributed by atoms with E-state index in [0.717, 1.165) is 38.6 Å². The van der Waals surface area contributed by atoms with Gasteiger partial charge in [-0.15, -0.1) is 0 Å². The van der Waals surface area contributed by atoms with Crippen molar-refractivity contribution >= 4 is 0 Å². The van der Waals surface area contributed by atoms with Crippen LogP contribution >= 0.6 is 0 Å². The van der Waals surface area contributed by atoms with E-state index in [1.807, 2.05) is 0 Å². The minimum atomic E-state index is -0.0697. The summed E-state index contributed by atoms with van der Waals surface area (Å²) >= 11 is 0. The second kappa shape index (κ2) is 4.81. The third-order valence-corrected chi connectivity index (χ3v) is 3.86. The molecule has 0 radical (unpaired) electrons. The third kappa shape index (κ3) is 2.92. The van der Waals surface area contributed by atoms with Gasteiger partial charge in [0.15, 0.2) is 0 Å². The van der Waals surface area contributed by atoms with Crippen LogP contribution in [0.2, 0.25) is 0 Å². The number of nitrogens with zero attached hydrogens (tertiary/aromatic N) is 1. The van der Waals surface area contributed by atoms with Crippen LogP contribution in [0.3, 0.4) is 0 Å². The van der Waals surface area contributed by atoms with Gasteiger partial charge in [0.05, 0.1) is 12.1 Å². The molecule has 2 fully saturated rings. The molecule has 0 aromatic rings. The predicted molar refractivity (Wildman–Crippen MR) is 61.8 cm³/mol. The van der Waals surface area contributed by atoms with E-state index in [2.05, 4.69) is 11.8 Å². The molecule has 1 atom stereocenters. The van der Waals surface area contributed by atoms with E-state index in [9.17, 15) is 0 Å². The van der Waals surface area contributed by atoms with Gasteiger partial charge in [-0.1, -0.05) is 13.3 Å². The normalized spacial score (nSPS) is 32.2. The van der Waals surface area contributed by atoms with E-state index in [1.54, 1.807) is 0 Å². The molecule has 3 heteroatoms. The van der Waals surface area contributed by atoms with Gasteiger partial charge in [-0.3, -0.25) is 0 Å². The van der Waals surface area contributed by atoms with E-state index in [-0.39, 0.29) is 5.54 Å². The number of hydrogen-bond donors (Lipinski definition) is 1. The second-order valence-corrected chi connectivity index (χ2v) is 5.29. The molecule has 2 N–H and O–H groups in total. The lowest BCUT2D eigenvalue weighted by Gasteiger charge is -2.35. The van der Waals surface area contributed by atoms with Crippen LogP contribution in [0.1, 0.15) is 32.6 Å². The molecular weight excluding hydrogens is 188 g/mol. The Morgan fingerprint density at radius 1 is 1.47 bits per heavy atom. The summed E-state index contributed by atoms with van der Waals surface area (Å²) in [6, 6.07) is 0. The summed E-state index contributed by atoms with van der Waals surface area (Å²) in [4.78, 5) is 2.51. The first-order valence-electron chi connectivity index (χ1n) is 6.31. The molecule has 88 valence electrons. The monoisotopic (exact) mass is 212 g/mol. The van der Waals surface area contributed by atoms with E-state index in [4.69, 9.17) is 10.5 Å². The van der Waals surface area contributed by atoms with Crippen LogP contribution in [-0.4, -0.2) is 43.3 Å². The van der Waals surface area contributed by atoms with E-state index in [1.165, 1.54) is 25.8 Å². The van der Waals surface area contributed by atoms with Crippen LogP contribution in [0.4, 0.5) is 0 Å². The van der Waals surface area contributed by atoms with Crippen molar-refractivity contribution in [1.29, 1.82) is 0 Å². The molecule has 1 heterocycles. The Balaban J connectivity index is 1.78. The van der Waals surface area contributed by atoms with E-state index >= 15 is 0 Å². The highest BCUT2D eigenvalue weighted by Gasteiger charge is 2.33. The van der Waals surface area contributed by atoms with Gasteiger partial charge in [-0.05, 0) is 31.7 Å². The van der Waals surface area contributed by atoms with Crippen molar-refractivity contribution in [3.63, 3.8) is 0 Å². The lowest BCUT2D eigenvalue weighted by molar-refractivity contribution is 0.131. The number of rotatable bonds is 5. The molecule has 1 aliphatic carbocycles. The predicted octanol–water partition coefficient (Wildman–Crippen LogP) is 1.23. The molecule has 0 bridgehead atoms. The van der Waals surface area contributed by atoms with Crippen molar-refractivity contribution in [3.8, 4) is 0 Å². The van der Waals surface area contributed by atoms with Crippen molar-refractivity contribution in [3.05, 3.63) is 0 Å². The molecule has 2 rings (SSSR count). The first-order chi connectivity index (χ1) is 7.22. The summed E-state index contributed by atoms with van der Waals surface area (Å²) in [5, 5.41) is 0. The van der Waals surface area contributed by atoms with Crippen molar-refractivity contribution in [1.82, 2.24) is 4.90 Å². The largest absolute Gasteiger partial charge is 0.379 e. The molecule has 15 heavy (non-hydrogen) atoms. The molecule has 1 unspecified atom stereocenters. The quantitative estimate of drug-likeness (QED) is 0.745. The molecule has 1 saturated carbocycles. The van der Waals surface area contributed by atoms with Gasteiger partial charge in [0.2, 0.25) is 0 Å². The van der Waals surface area contributed by atoms with Crippen molar-refractivity contribution < 1.29 is 4.74 Å². The molecule has 3 nitrogen and oxygen atoms in total. The minimum absolute atomic E-state index is 0.0697. The molecule has 0 amide bonds. The zero-order valence-corrected chi connectivity index (χ0v) is 9.87. The van der Waals surface area contributed by atoms with Gasteiger partial charge in [-0.2, -0.15) is 0 Å². The zero-order valence-electron chi connectivity index (χ0n) is 9.87. The first-order valence-corrected chi connectivity index (χ1v) is 6.31. The average molecular weight is 212 g/mol. The Morgan fingerprint density at radius 3 is 2.73 bits per heavy atom. The lowest BCUT2D eigenvalue weighted by atomic mass is 9.84. The summed E-state index contributed by atoms with van der Waals surface area (Å²) in [5.41, 5.74) is 6.23. The smallest absolute Gasteiger partial charge is 0.0659 e. The lowest BCUT2D eigenvalue weighted by Crippen LogP contribution is -2.52. The molecule has 1 saturated heterocycles. The number of likely N-dealkylation sites (N-methyl/N-ethyl adjacent to an activating group) is 1.